The largest absolute Gasteiger partial charge is 0.480 e. The lowest BCUT2D eigenvalue weighted by atomic mass is 10.1. The van der Waals surface area contributed by atoms with Gasteiger partial charge in [0, 0.05) is 13.2 Å². The molecule has 1 saturated heterocycles. The van der Waals surface area contributed by atoms with Crippen molar-refractivity contribution in [1.82, 2.24) is 4.90 Å². The molecular formula is C8H15NO3. The average molecular weight is 173 g/mol. The topological polar surface area (TPSA) is 60.8 Å². The Labute approximate surface area is 71.8 Å². The fraction of sp³-hybridized carbons (Fsp3) is 0.875. The van der Waals surface area contributed by atoms with E-state index in [2.05, 4.69) is 0 Å². The molecule has 2 atom stereocenters. The Morgan fingerprint density at radius 2 is 2.33 bits per heavy atom. The number of aliphatic carboxylic acids is 1. The molecular weight excluding hydrogens is 158 g/mol. The number of carbonyl (C=O) groups is 1. The standard InChI is InChI=1S/C8H15NO3/c1-2-9-4-6(5-10)3-7(9)8(11)12/h6-7,10H,2-5H2,1H3,(H,11,12). The second-order valence-corrected chi connectivity index (χ2v) is 3.23. The normalized spacial score (nSPS) is 30.8. The van der Waals surface area contributed by atoms with E-state index in [4.69, 9.17) is 10.2 Å². The Kier molecular flexibility index (Phi) is 3.05. The van der Waals surface area contributed by atoms with Gasteiger partial charge in [0.25, 0.3) is 0 Å². The summed E-state index contributed by atoms with van der Waals surface area (Å²) in [6, 6.07) is -0.382. The van der Waals surface area contributed by atoms with E-state index in [1.165, 1.54) is 0 Å². The van der Waals surface area contributed by atoms with Crippen LogP contribution in [0.25, 0.3) is 0 Å². The predicted octanol–water partition coefficient (Wildman–Crippen LogP) is -0.226. The summed E-state index contributed by atoms with van der Waals surface area (Å²) in [5.74, 6) is -0.626. The van der Waals surface area contributed by atoms with E-state index >= 15 is 0 Å². The molecule has 2 N–H and O–H groups in total. The molecule has 0 spiro atoms. The van der Waals surface area contributed by atoms with Crippen molar-refractivity contribution in [3.05, 3.63) is 0 Å². The summed E-state index contributed by atoms with van der Waals surface area (Å²) in [5.41, 5.74) is 0. The van der Waals surface area contributed by atoms with Crippen LogP contribution in [0.4, 0.5) is 0 Å². The Morgan fingerprint density at radius 3 is 2.67 bits per heavy atom. The second-order valence-electron chi connectivity index (χ2n) is 3.23. The lowest BCUT2D eigenvalue weighted by Gasteiger charge is -2.17. The van der Waals surface area contributed by atoms with Gasteiger partial charge in [-0.2, -0.15) is 0 Å². The highest BCUT2D eigenvalue weighted by Gasteiger charge is 2.35. The van der Waals surface area contributed by atoms with E-state index < -0.39 is 5.97 Å². The monoisotopic (exact) mass is 173 g/mol. The van der Waals surface area contributed by atoms with Gasteiger partial charge in [0.2, 0.25) is 0 Å². The summed E-state index contributed by atoms with van der Waals surface area (Å²) in [4.78, 5) is 12.6. The number of carboxylic acid groups (broad SMARTS) is 1. The third-order valence-corrected chi connectivity index (χ3v) is 2.44. The van der Waals surface area contributed by atoms with E-state index in [0.717, 1.165) is 6.54 Å². The van der Waals surface area contributed by atoms with Crippen molar-refractivity contribution in [2.24, 2.45) is 5.92 Å². The number of hydrogen-bond donors (Lipinski definition) is 2. The highest BCUT2D eigenvalue weighted by molar-refractivity contribution is 5.73. The molecule has 2 unspecified atom stereocenters. The van der Waals surface area contributed by atoms with Crippen LogP contribution in [0.15, 0.2) is 0 Å². The molecule has 0 bridgehead atoms. The second kappa shape index (κ2) is 3.87. The number of hydrogen-bond acceptors (Lipinski definition) is 3. The zero-order valence-corrected chi connectivity index (χ0v) is 7.23. The molecule has 0 aromatic rings. The Hall–Kier alpha value is -0.610. The maximum Gasteiger partial charge on any atom is 0.320 e. The van der Waals surface area contributed by atoms with Crippen molar-refractivity contribution < 1.29 is 15.0 Å². The number of likely N-dealkylation sites (tertiary alicyclic amines) is 1. The first-order chi connectivity index (χ1) is 5.69. The molecule has 1 heterocycles. The predicted molar refractivity (Wildman–Crippen MR) is 43.9 cm³/mol. The van der Waals surface area contributed by atoms with Gasteiger partial charge < -0.3 is 10.2 Å². The van der Waals surface area contributed by atoms with Crippen LogP contribution in [0.2, 0.25) is 0 Å². The lowest BCUT2D eigenvalue weighted by molar-refractivity contribution is -0.142. The first-order valence-corrected chi connectivity index (χ1v) is 4.26. The van der Waals surface area contributed by atoms with E-state index in [0.29, 0.717) is 13.0 Å². The lowest BCUT2D eigenvalue weighted by Crippen LogP contribution is -2.35. The molecule has 12 heavy (non-hydrogen) atoms. The number of aliphatic hydroxyl groups excluding tert-OH is 1. The number of rotatable bonds is 3. The summed E-state index contributed by atoms with van der Waals surface area (Å²) in [7, 11) is 0. The molecule has 0 aromatic carbocycles. The molecule has 4 heteroatoms. The fourth-order valence-corrected chi connectivity index (χ4v) is 1.74. The van der Waals surface area contributed by atoms with Crippen molar-refractivity contribution >= 4 is 5.97 Å². The van der Waals surface area contributed by atoms with Crippen molar-refractivity contribution in [1.29, 1.82) is 0 Å². The van der Waals surface area contributed by atoms with Gasteiger partial charge in [-0.3, -0.25) is 9.69 Å². The van der Waals surface area contributed by atoms with E-state index in [-0.39, 0.29) is 18.6 Å². The minimum atomic E-state index is -0.771. The summed E-state index contributed by atoms with van der Waals surface area (Å²) in [6.07, 6.45) is 0.583. The van der Waals surface area contributed by atoms with Gasteiger partial charge in [-0.15, -0.1) is 0 Å². The molecule has 1 rings (SSSR count). The van der Waals surface area contributed by atoms with Crippen LogP contribution in [0.5, 0.6) is 0 Å². The van der Waals surface area contributed by atoms with Crippen LogP contribution < -0.4 is 0 Å². The average Bonchev–Trinajstić information content (AvgIpc) is 2.47. The zero-order chi connectivity index (χ0) is 9.14. The van der Waals surface area contributed by atoms with Gasteiger partial charge in [0.15, 0.2) is 0 Å². The molecule has 0 saturated carbocycles. The van der Waals surface area contributed by atoms with Gasteiger partial charge >= 0.3 is 5.97 Å². The minimum Gasteiger partial charge on any atom is -0.480 e. The van der Waals surface area contributed by atoms with Gasteiger partial charge in [-0.05, 0) is 18.9 Å². The Bertz CT molecular complexity index is 172. The van der Waals surface area contributed by atoms with Gasteiger partial charge in [0.05, 0.1) is 0 Å². The maximum absolute atomic E-state index is 10.7. The summed E-state index contributed by atoms with van der Waals surface area (Å²) in [5, 5.41) is 17.7. The SMILES string of the molecule is CCN1CC(CO)CC1C(=O)O. The first-order valence-electron chi connectivity index (χ1n) is 4.26. The molecule has 1 aliphatic rings. The number of carboxylic acids is 1. The first kappa shape index (κ1) is 9.48. The number of nitrogens with zero attached hydrogens (tertiary/aromatic N) is 1. The third kappa shape index (κ3) is 1.76. The van der Waals surface area contributed by atoms with Crippen molar-refractivity contribution in [3.63, 3.8) is 0 Å². The smallest absolute Gasteiger partial charge is 0.320 e. The van der Waals surface area contributed by atoms with Gasteiger partial charge in [-0.25, -0.2) is 0 Å². The van der Waals surface area contributed by atoms with Crippen LogP contribution in [-0.2, 0) is 4.79 Å². The third-order valence-electron chi connectivity index (χ3n) is 2.44. The fourth-order valence-electron chi connectivity index (χ4n) is 1.74. The minimum absolute atomic E-state index is 0.0975. The zero-order valence-electron chi connectivity index (χ0n) is 7.23. The van der Waals surface area contributed by atoms with Crippen molar-refractivity contribution in [3.8, 4) is 0 Å². The van der Waals surface area contributed by atoms with Crippen molar-refractivity contribution in [2.75, 3.05) is 19.7 Å². The van der Waals surface area contributed by atoms with E-state index in [9.17, 15) is 4.79 Å². The molecule has 0 radical (unpaired) electrons. The molecule has 0 amide bonds. The molecule has 0 aromatic heterocycles. The van der Waals surface area contributed by atoms with Crippen LogP contribution in [0.3, 0.4) is 0 Å². The Morgan fingerprint density at radius 1 is 1.67 bits per heavy atom. The van der Waals surface area contributed by atoms with E-state index in [1.807, 2.05) is 11.8 Å². The van der Waals surface area contributed by atoms with Crippen LogP contribution in [-0.4, -0.2) is 46.8 Å². The number of likely N-dealkylation sites (N-methyl/N-ethyl adjacent to an activating group) is 1. The molecule has 1 fully saturated rings. The maximum atomic E-state index is 10.7. The molecule has 0 aliphatic carbocycles. The molecule has 4 nitrogen and oxygen atoms in total. The van der Waals surface area contributed by atoms with E-state index in [1.54, 1.807) is 0 Å². The van der Waals surface area contributed by atoms with Crippen LogP contribution in [0.1, 0.15) is 13.3 Å². The summed E-state index contributed by atoms with van der Waals surface area (Å²) in [6.45, 7) is 3.49. The summed E-state index contributed by atoms with van der Waals surface area (Å²) >= 11 is 0. The summed E-state index contributed by atoms with van der Waals surface area (Å²) < 4.78 is 0. The van der Waals surface area contributed by atoms with Gasteiger partial charge in [0.1, 0.15) is 6.04 Å². The quantitative estimate of drug-likeness (QED) is 0.619. The van der Waals surface area contributed by atoms with Gasteiger partial charge in [-0.1, -0.05) is 6.92 Å². The van der Waals surface area contributed by atoms with Crippen LogP contribution in [0, 0.1) is 5.92 Å². The van der Waals surface area contributed by atoms with Crippen LogP contribution >= 0.6 is 0 Å². The Balaban J connectivity index is 2.56. The highest BCUT2D eigenvalue weighted by Crippen LogP contribution is 2.22. The van der Waals surface area contributed by atoms with Crippen molar-refractivity contribution in [2.45, 2.75) is 19.4 Å². The molecule has 70 valence electrons. The highest BCUT2D eigenvalue weighted by atomic mass is 16.4. The number of aliphatic hydroxyl groups is 1. The molecule has 1 aliphatic heterocycles.